The maximum absolute atomic E-state index is 13.4. The number of rotatable bonds is 1. The highest BCUT2D eigenvalue weighted by Crippen LogP contribution is 2.24. The third-order valence-electron chi connectivity index (χ3n) is 3.89. The molecule has 2 atom stereocenters. The van der Waals surface area contributed by atoms with Gasteiger partial charge in [-0.3, -0.25) is 4.79 Å². The quantitative estimate of drug-likeness (QED) is 0.807. The summed E-state index contributed by atoms with van der Waals surface area (Å²) in [6, 6.07) is 4.17. The Hall–Kier alpha value is -1.86. The molecule has 1 aromatic carbocycles. The number of carbonyl (C=O) groups excluding carboxylic acids is 1. The Labute approximate surface area is 124 Å². The van der Waals surface area contributed by atoms with Gasteiger partial charge in [-0.2, -0.15) is 0 Å². The molecule has 0 spiro atoms. The van der Waals surface area contributed by atoms with Crippen molar-refractivity contribution >= 4 is 5.91 Å². The minimum atomic E-state index is -0.436. The minimum absolute atomic E-state index is 0.115. The Morgan fingerprint density at radius 2 is 2.19 bits per heavy atom. The van der Waals surface area contributed by atoms with E-state index in [-0.39, 0.29) is 18.6 Å². The maximum Gasteiger partial charge on any atom is 0.255 e. The molecule has 1 heterocycles. The number of aliphatic hydroxyl groups excluding tert-OH is 1. The predicted molar refractivity (Wildman–Crippen MR) is 79.3 cm³/mol. The van der Waals surface area contributed by atoms with Crippen LogP contribution in [0.3, 0.4) is 0 Å². The summed E-state index contributed by atoms with van der Waals surface area (Å²) >= 11 is 0. The smallest absolute Gasteiger partial charge is 0.255 e. The van der Waals surface area contributed by atoms with E-state index in [1.807, 2.05) is 11.8 Å². The molecule has 0 bridgehead atoms. The molecular weight excluding hydrogens is 269 g/mol. The van der Waals surface area contributed by atoms with E-state index in [1.165, 1.54) is 18.2 Å². The van der Waals surface area contributed by atoms with Crippen LogP contribution in [0.1, 0.15) is 42.6 Å². The van der Waals surface area contributed by atoms with Crippen molar-refractivity contribution in [2.45, 2.75) is 32.7 Å². The summed E-state index contributed by atoms with van der Waals surface area (Å²) in [7, 11) is 0. The Morgan fingerprint density at radius 1 is 1.43 bits per heavy atom. The minimum Gasteiger partial charge on any atom is -0.384 e. The Morgan fingerprint density at radius 3 is 2.90 bits per heavy atom. The maximum atomic E-state index is 13.4. The van der Waals surface area contributed by atoms with Crippen molar-refractivity contribution in [2.75, 3.05) is 13.2 Å². The molecule has 0 aromatic heterocycles. The molecule has 1 amide bonds. The summed E-state index contributed by atoms with van der Waals surface area (Å²) in [5, 5.41) is 8.79. The Bertz CT molecular complexity index is 588. The first-order chi connectivity index (χ1) is 10.0. The highest BCUT2D eigenvalue weighted by molar-refractivity contribution is 5.97. The molecule has 2 unspecified atom stereocenters. The van der Waals surface area contributed by atoms with Crippen LogP contribution in [0.15, 0.2) is 18.2 Å². The summed E-state index contributed by atoms with van der Waals surface area (Å²) in [6.07, 6.45) is 2.09. The lowest BCUT2D eigenvalue weighted by atomic mass is 9.93. The Balaban J connectivity index is 2.34. The number of piperidine rings is 1. The lowest BCUT2D eigenvalue weighted by Crippen LogP contribution is -2.45. The lowest BCUT2D eigenvalue weighted by molar-refractivity contribution is 0.0573. The van der Waals surface area contributed by atoms with Crippen LogP contribution in [0.25, 0.3) is 0 Å². The van der Waals surface area contributed by atoms with Crippen molar-refractivity contribution in [1.82, 2.24) is 4.90 Å². The summed E-state index contributed by atoms with van der Waals surface area (Å²) in [5.74, 6) is 5.06. The fraction of sp³-hybridized carbons (Fsp3) is 0.471. The summed E-state index contributed by atoms with van der Waals surface area (Å²) in [6.45, 7) is 4.56. The van der Waals surface area contributed by atoms with E-state index in [9.17, 15) is 9.18 Å². The second kappa shape index (κ2) is 6.73. The van der Waals surface area contributed by atoms with Crippen molar-refractivity contribution in [2.24, 2.45) is 5.92 Å². The van der Waals surface area contributed by atoms with Gasteiger partial charge in [0.2, 0.25) is 0 Å². The van der Waals surface area contributed by atoms with Gasteiger partial charge in [0, 0.05) is 18.2 Å². The van der Waals surface area contributed by atoms with E-state index in [4.69, 9.17) is 5.11 Å². The van der Waals surface area contributed by atoms with Crippen molar-refractivity contribution in [3.05, 3.63) is 35.1 Å². The second-order valence-corrected chi connectivity index (χ2v) is 5.64. The van der Waals surface area contributed by atoms with Crippen LogP contribution >= 0.6 is 0 Å². The molecular formula is C17H20FNO2. The Kier molecular flexibility index (Phi) is 4.98. The molecule has 1 saturated heterocycles. The molecule has 1 aliphatic heterocycles. The standard InChI is InChI=1S/C17H20FNO2/c1-12-5-6-13(2)19(11-12)17(21)16-8-7-15(18)10-14(16)4-3-9-20/h7-8,10,12-13,20H,5-6,9,11H2,1-2H3. The lowest BCUT2D eigenvalue weighted by Gasteiger charge is -2.37. The topological polar surface area (TPSA) is 40.5 Å². The first-order valence-corrected chi connectivity index (χ1v) is 7.23. The molecule has 112 valence electrons. The van der Waals surface area contributed by atoms with Crippen LogP contribution in [0.5, 0.6) is 0 Å². The first-order valence-electron chi connectivity index (χ1n) is 7.23. The highest BCUT2D eigenvalue weighted by atomic mass is 19.1. The normalized spacial score (nSPS) is 21.6. The number of hydrogen-bond acceptors (Lipinski definition) is 2. The predicted octanol–water partition coefficient (Wildman–Crippen LogP) is 2.43. The fourth-order valence-corrected chi connectivity index (χ4v) is 2.67. The average molecular weight is 289 g/mol. The zero-order valence-corrected chi connectivity index (χ0v) is 12.4. The van der Waals surface area contributed by atoms with Gasteiger partial charge in [-0.05, 0) is 43.9 Å². The largest absolute Gasteiger partial charge is 0.384 e. The van der Waals surface area contributed by atoms with Crippen molar-refractivity contribution < 1.29 is 14.3 Å². The third kappa shape index (κ3) is 3.62. The molecule has 0 aliphatic carbocycles. The third-order valence-corrected chi connectivity index (χ3v) is 3.89. The van der Waals surface area contributed by atoms with Crippen LogP contribution < -0.4 is 0 Å². The molecule has 21 heavy (non-hydrogen) atoms. The monoisotopic (exact) mass is 289 g/mol. The number of halogens is 1. The summed E-state index contributed by atoms with van der Waals surface area (Å²) in [5.41, 5.74) is 0.734. The number of hydrogen-bond donors (Lipinski definition) is 1. The molecule has 1 aliphatic rings. The molecule has 1 fully saturated rings. The number of nitrogens with zero attached hydrogens (tertiary/aromatic N) is 1. The molecule has 3 nitrogen and oxygen atoms in total. The van der Waals surface area contributed by atoms with Gasteiger partial charge in [0.15, 0.2) is 0 Å². The molecule has 2 rings (SSSR count). The van der Waals surface area contributed by atoms with E-state index >= 15 is 0 Å². The van der Waals surface area contributed by atoms with E-state index in [2.05, 4.69) is 18.8 Å². The van der Waals surface area contributed by atoms with Gasteiger partial charge in [-0.25, -0.2) is 4.39 Å². The second-order valence-electron chi connectivity index (χ2n) is 5.64. The number of amides is 1. The van der Waals surface area contributed by atoms with Crippen molar-refractivity contribution in [1.29, 1.82) is 0 Å². The fourth-order valence-electron chi connectivity index (χ4n) is 2.67. The summed E-state index contributed by atoms with van der Waals surface area (Å²) < 4.78 is 13.4. The van der Waals surface area contributed by atoms with E-state index in [0.717, 1.165) is 12.8 Å². The SMILES string of the molecule is CC1CCC(C)N(C(=O)c2ccc(F)cc2C#CCO)C1. The van der Waals surface area contributed by atoms with E-state index < -0.39 is 5.82 Å². The van der Waals surface area contributed by atoms with Crippen LogP contribution in [0.4, 0.5) is 4.39 Å². The van der Waals surface area contributed by atoms with Gasteiger partial charge < -0.3 is 10.0 Å². The molecule has 4 heteroatoms. The number of likely N-dealkylation sites (tertiary alicyclic amines) is 1. The molecule has 1 N–H and O–H groups in total. The number of aliphatic hydroxyl groups is 1. The first kappa shape index (κ1) is 15.5. The van der Waals surface area contributed by atoms with Gasteiger partial charge in [0.05, 0.1) is 5.56 Å². The zero-order valence-electron chi connectivity index (χ0n) is 12.4. The molecule has 0 saturated carbocycles. The molecule has 1 aromatic rings. The van der Waals surface area contributed by atoms with Gasteiger partial charge >= 0.3 is 0 Å². The molecule has 0 radical (unpaired) electrons. The van der Waals surface area contributed by atoms with Crippen LogP contribution in [-0.2, 0) is 0 Å². The van der Waals surface area contributed by atoms with Crippen molar-refractivity contribution in [3.63, 3.8) is 0 Å². The van der Waals surface area contributed by atoms with Gasteiger partial charge in [0.1, 0.15) is 12.4 Å². The number of benzene rings is 1. The van der Waals surface area contributed by atoms with Crippen LogP contribution in [0, 0.1) is 23.6 Å². The van der Waals surface area contributed by atoms with Gasteiger partial charge in [0.25, 0.3) is 5.91 Å². The van der Waals surface area contributed by atoms with Crippen molar-refractivity contribution in [3.8, 4) is 11.8 Å². The van der Waals surface area contributed by atoms with Gasteiger partial charge in [-0.15, -0.1) is 0 Å². The van der Waals surface area contributed by atoms with E-state index in [1.54, 1.807) is 0 Å². The van der Waals surface area contributed by atoms with E-state index in [0.29, 0.717) is 23.6 Å². The van der Waals surface area contributed by atoms with Gasteiger partial charge in [-0.1, -0.05) is 18.8 Å². The highest BCUT2D eigenvalue weighted by Gasteiger charge is 2.28. The summed E-state index contributed by atoms with van der Waals surface area (Å²) in [4.78, 5) is 14.6. The zero-order chi connectivity index (χ0) is 15.4. The van der Waals surface area contributed by atoms with Crippen LogP contribution in [0.2, 0.25) is 0 Å². The van der Waals surface area contributed by atoms with Crippen LogP contribution in [-0.4, -0.2) is 35.1 Å². The average Bonchev–Trinajstić information content (AvgIpc) is 2.47. The number of carbonyl (C=O) groups is 1.